The summed E-state index contributed by atoms with van der Waals surface area (Å²) in [7, 11) is 3.51. The van der Waals surface area contributed by atoms with Crippen LogP contribution in [0.4, 0.5) is 0 Å². The fourth-order valence-electron chi connectivity index (χ4n) is 0.190. The predicted octanol–water partition coefficient (Wildman–Crippen LogP) is 6.04. The van der Waals surface area contributed by atoms with Gasteiger partial charge in [-0.15, -0.1) is 0 Å². The summed E-state index contributed by atoms with van der Waals surface area (Å²) in [5, 5.41) is 0. The van der Waals surface area contributed by atoms with E-state index in [0.29, 0.717) is 8.32 Å². The Balaban J connectivity index is 3.54. The monoisotopic (exact) mass is 589 g/mol. The summed E-state index contributed by atoms with van der Waals surface area (Å²) in [4.78, 5) is 0. The van der Waals surface area contributed by atoms with Gasteiger partial charge >= 0.3 is 0 Å². The van der Waals surface area contributed by atoms with Crippen LogP contribution < -0.4 is 0 Å². The third-order valence-corrected chi connectivity index (χ3v) is 13.3. The molecular weight excluding hydrogens is 592 g/mol. The first kappa shape index (κ1) is 15.6. The molecule has 0 rings (SSSR count). The first-order valence-corrected chi connectivity index (χ1v) is 10.4. The molecule has 2 atom stereocenters. The minimum Gasteiger partial charge on any atom is -0.0757 e. The van der Waals surface area contributed by atoms with Crippen molar-refractivity contribution in [2.45, 2.75) is 15.8 Å². The molecule has 0 N–H and O–H groups in total. The molecule has 0 nitrogen and oxygen atoms in total. The van der Waals surface area contributed by atoms with Crippen molar-refractivity contribution in [1.29, 1.82) is 0 Å². The number of halogens is 6. The molecule has 0 saturated carbocycles. The third-order valence-electron chi connectivity index (χ3n) is 0.636. The van der Waals surface area contributed by atoms with Crippen LogP contribution in [0.3, 0.4) is 0 Å². The molecule has 2 unspecified atom stereocenters. The molecule has 0 fully saturated rings. The second-order valence-corrected chi connectivity index (χ2v) is 13.7. The van der Waals surface area contributed by atoms with Crippen LogP contribution in [0.25, 0.3) is 0 Å². The van der Waals surface area contributed by atoms with E-state index >= 15 is 0 Å². The topological polar surface area (TPSA) is 0 Å². The highest BCUT2D eigenvalue weighted by Crippen LogP contribution is 2.44. The van der Waals surface area contributed by atoms with Gasteiger partial charge < -0.3 is 0 Å². The zero-order chi connectivity index (χ0) is 9.72. The van der Waals surface area contributed by atoms with Gasteiger partial charge in [0.1, 0.15) is 0 Å². The Bertz CT molecular complexity index is 106. The van der Waals surface area contributed by atoms with Crippen molar-refractivity contribution < 1.29 is 0 Å². The Morgan fingerprint density at radius 1 is 0.583 bits per heavy atom. The van der Waals surface area contributed by atoms with Crippen molar-refractivity contribution in [3.05, 3.63) is 0 Å². The summed E-state index contributed by atoms with van der Waals surface area (Å²) in [6.45, 7) is 0. The number of hydrogen-bond acceptors (Lipinski definition) is 2. The molecule has 0 aromatic heterocycles. The smallest absolute Gasteiger partial charge is 0.0757 e. The van der Waals surface area contributed by atoms with Gasteiger partial charge in [0, 0.05) is 0 Å². The number of hydrogen-bond donors (Lipinski definition) is 0. The minimum absolute atomic E-state index is 0.284. The average Bonchev–Trinajstić information content (AvgIpc) is 1.98. The van der Waals surface area contributed by atoms with Crippen LogP contribution in [-0.4, -0.2) is 15.8 Å². The highest BCUT2D eigenvalue weighted by Gasteiger charge is 2.18. The van der Waals surface area contributed by atoms with Crippen LogP contribution in [0.1, 0.15) is 0 Å². The standard InChI is InChI=1S/C4H4Br6S2/c5-1(6)3(9)11-12-4(10)2(7)8/h1-4H. The Kier molecular flexibility index (Phi) is 11.3. The molecule has 0 aliphatic heterocycles. The lowest BCUT2D eigenvalue weighted by molar-refractivity contribution is 1.43. The summed E-state index contributed by atoms with van der Waals surface area (Å²) in [5.41, 5.74) is 0. The SMILES string of the molecule is BrC(Br)C(Br)SSC(Br)C(Br)Br. The molecule has 74 valence electrons. The van der Waals surface area contributed by atoms with Crippen LogP contribution in [-0.2, 0) is 0 Å². The van der Waals surface area contributed by atoms with Gasteiger partial charge in [-0.25, -0.2) is 0 Å². The van der Waals surface area contributed by atoms with E-state index in [2.05, 4.69) is 95.6 Å². The van der Waals surface area contributed by atoms with Gasteiger partial charge in [0.15, 0.2) is 0 Å². The maximum Gasteiger partial charge on any atom is 0.0926 e. The van der Waals surface area contributed by atoms with E-state index < -0.39 is 0 Å². The summed E-state index contributed by atoms with van der Waals surface area (Å²) < 4.78 is 1.26. The molecule has 0 heterocycles. The van der Waals surface area contributed by atoms with Gasteiger partial charge in [0.2, 0.25) is 0 Å². The molecule has 0 saturated heterocycles. The molecule has 0 aromatic carbocycles. The first-order chi connectivity index (χ1) is 5.45. The largest absolute Gasteiger partial charge is 0.0926 e. The van der Waals surface area contributed by atoms with Crippen molar-refractivity contribution in [3.8, 4) is 0 Å². The highest BCUT2D eigenvalue weighted by atomic mass is 79.9. The maximum absolute atomic E-state index is 3.52. The van der Waals surface area contributed by atoms with Crippen LogP contribution in [0.5, 0.6) is 0 Å². The molecular formula is C4H4Br6S2. The van der Waals surface area contributed by atoms with Crippen LogP contribution >= 0.6 is 117 Å². The summed E-state index contributed by atoms with van der Waals surface area (Å²) in [6.07, 6.45) is 0. The molecule has 12 heavy (non-hydrogen) atoms. The zero-order valence-electron chi connectivity index (χ0n) is 5.39. The maximum atomic E-state index is 3.52. The first-order valence-electron chi connectivity index (χ1n) is 2.61. The molecule has 0 amide bonds. The number of rotatable bonds is 5. The van der Waals surface area contributed by atoms with Crippen molar-refractivity contribution in [3.63, 3.8) is 0 Å². The lowest BCUT2D eigenvalue weighted by atomic mass is 11.0. The Morgan fingerprint density at radius 2 is 0.833 bits per heavy atom. The molecule has 0 aliphatic carbocycles. The summed E-state index contributed by atoms with van der Waals surface area (Å²) in [6, 6.07) is 0. The van der Waals surface area contributed by atoms with E-state index in [1.54, 1.807) is 21.6 Å². The molecule has 0 aliphatic rings. The van der Waals surface area contributed by atoms with Gasteiger partial charge in [-0.2, -0.15) is 0 Å². The third kappa shape index (κ3) is 7.82. The molecule has 8 heteroatoms. The van der Waals surface area contributed by atoms with Crippen molar-refractivity contribution in [2.75, 3.05) is 0 Å². The van der Waals surface area contributed by atoms with Gasteiger partial charge in [-0.1, -0.05) is 117 Å². The predicted molar refractivity (Wildman–Crippen MR) is 83.9 cm³/mol. The zero-order valence-corrected chi connectivity index (χ0v) is 16.5. The fourth-order valence-corrected chi connectivity index (χ4v) is 6.47. The average molecular weight is 596 g/mol. The Labute approximate surface area is 131 Å². The second-order valence-electron chi connectivity index (χ2n) is 1.56. The van der Waals surface area contributed by atoms with Crippen LogP contribution in [0.2, 0.25) is 0 Å². The molecule has 0 aromatic rings. The van der Waals surface area contributed by atoms with Crippen molar-refractivity contribution >= 4 is 117 Å². The van der Waals surface area contributed by atoms with Gasteiger partial charge in [-0.3, -0.25) is 0 Å². The molecule has 0 spiro atoms. The quantitative estimate of drug-likeness (QED) is 0.281. The highest BCUT2D eigenvalue weighted by molar-refractivity contribution is 9.27. The lowest BCUT2D eigenvalue weighted by Crippen LogP contribution is -2.03. The minimum atomic E-state index is 0.284. The Morgan fingerprint density at radius 3 is 1.00 bits per heavy atom. The summed E-state index contributed by atoms with van der Waals surface area (Å²) >= 11 is 20.7. The van der Waals surface area contributed by atoms with E-state index in [-0.39, 0.29) is 7.47 Å². The van der Waals surface area contributed by atoms with Crippen LogP contribution in [0, 0.1) is 0 Å². The summed E-state index contributed by atoms with van der Waals surface area (Å²) in [5.74, 6) is 0. The van der Waals surface area contributed by atoms with E-state index in [0.717, 1.165) is 0 Å². The van der Waals surface area contributed by atoms with Crippen LogP contribution in [0.15, 0.2) is 0 Å². The van der Waals surface area contributed by atoms with Gasteiger partial charge in [0.25, 0.3) is 0 Å². The molecule has 0 radical (unpaired) electrons. The van der Waals surface area contributed by atoms with E-state index in [4.69, 9.17) is 0 Å². The van der Waals surface area contributed by atoms with E-state index in [1.165, 1.54) is 0 Å². The number of alkyl halides is 6. The fraction of sp³-hybridized carbons (Fsp3) is 1.00. The Hall–Kier alpha value is 3.58. The van der Waals surface area contributed by atoms with Crippen molar-refractivity contribution in [2.24, 2.45) is 0 Å². The van der Waals surface area contributed by atoms with Crippen molar-refractivity contribution in [1.82, 2.24) is 0 Å². The normalized spacial score (nSPS) is 17.0. The van der Waals surface area contributed by atoms with Gasteiger partial charge in [0.05, 0.1) is 15.8 Å². The van der Waals surface area contributed by atoms with Gasteiger partial charge in [-0.05, 0) is 0 Å². The van der Waals surface area contributed by atoms with E-state index in [1.807, 2.05) is 0 Å². The van der Waals surface area contributed by atoms with E-state index in [9.17, 15) is 0 Å². The second kappa shape index (κ2) is 8.70. The molecule has 0 bridgehead atoms. The lowest BCUT2D eigenvalue weighted by Gasteiger charge is -2.13.